The van der Waals surface area contributed by atoms with E-state index in [0.717, 1.165) is 53.6 Å². The fourth-order valence-electron chi connectivity index (χ4n) is 5.73. The number of amides is 1. The topological polar surface area (TPSA) is 99.9 Å². The maximum absolute atomic E-state index is 13.3. The second kappa shape index (κ2) is 8.90. The molecule has 2 aromatic rings. The molecule has 0 atom stereocenters. The fraction of sp³-hybridized carbons (Fsp3) is 0.444. The number of ketones is 2. The van der Waals surface area contributed by atoms with E-state index in [4.69, 9.17) is 5.26 Å². The molecule has 33 heavy (non-hydrogen) atoms. The van der Waals surface area contributed by atoms with E-state index in [9.17, 15) is 14.4 Å². The molecule has 1 aromatic heterocycles. The second-order valence-electron chi connectivity index (χ2n) is 9.76. The highest BCUT2D eigenvalue weighted by atomic mass is 16.2. The zero-order valence-electron chi connectivity index (χ0n) is 19.4. The average molecular weight is 444 g/mol. The Morgan fingerprint density at radius 2 is 1.70 bits per heavy atom. The number of aromatic nitrogens is 1. The zero-order chi connectivity index (χ0) is 23.8. The Balaban J connectivity index is 1.55. The number of aryl methyl sites for hydroxylation is 2. The molecule has 4 rings (SSSR count). The zero-order valence-corrected chi connectivity index (χ0v) is 19.4. The van der Waals surface area contributed by atoms with E-state index in [2.05, 4.69) is 16.4 Å². The van der Waals surface area contributed by atoms with Gasteiger partial charge in [-0.15, -0.1) is 0 Å². The molecule has 0 radical (unpaired) electrons. The Morgan fingerprint density at radius 3 is 2.18 bits per heavy atom. The highest BCUT2D eigenvalue weighted by molar-refractivity contribution is 6.10. The molecule has 2 fully saturated rings. The van der Waals surface area contributed by atoms with E-state index in [1.165, 1.54) is 6.92 Å². The largest absolute Gasteiger partial charge is 0.354 e. The van der Waals surface area contributed by atoms with E-state index in [-0.39, 0.29) is 28.9 Å². The molecular weight excluding hydrogens is 414 g/mol. The van der Waals surface area contributed by atoms with Gasteiger partial charge in [-0.3, -0.25) is 19.4 Å². The van der Waals surface area contributed by atoms with Crippen molar-refractivity contribution in [2.75, 3.05) is 0 Å². The van der Waals surface area contributed by atoms with E-state index >= 15 is 0 Å². The summed E-state index contributed by atoms with van der Waals surface area (Å²) in [6, 6.07) is 9.70. The summed E-state index contributed by atoms with van der Waals surface area (Å²) in [6.07, 6.45) is 5.61. The van der Waals surface area contributed by atoms with Gasteiger partial charge in [0.25, 0.3) is 0 Å². The van der Waals surface area contributed by atoms with Gasteiger partial charge in [0.15, 0.2) is 0 Å². The van der Waals surface area contributed by atoms with E-state index in [1.807, 2.05) is 32.0 Å². The molecule has 0 saturated heterocycles. The number of Topliss-reactive ketones (excluding diaryl/α,β-unsaturated/α-hetero) is 2. The lowest BCUT2D eigenvalue weighted by atomic mass is 9.60. The van der Waals surface area contributed by atoms with Crippen molar-refractivity contribution >= 4 is 17.5 Å². The molecule has 1 spiro atoms. The van der Waals surface area contributed by atoms with Gasteiger partial charge < -0.3 is 5.32 Å². The Labute approximate surface area is 194 Å². The van der Waals surface area contributed by atoms with Crippen LogP contribution in [0.5, 0.6) is 0 Å². The third-order valence-corrected chi connectivity index (χ3v) is 7.27. The number of carbonyl (C=O) groups excluding carboxylic acids is 3. The van der Waals surface area contributed by atoms with Gasteiger partial charge in [-0.05, 0) is 85.9 Å². The number of hydrogen-bond acceptors (Lipinski definition) is 5. The minimum absolute atomic E-state index is 0.0136. The number of nitrogens with zero attached hydrogens (tertiary/aromatic N) is 2. The number of carbonyl (C=O) groups is 3. The van der Waals surface area contributed by atoms with Crippen LogP contribution in [0.15, 0.2) is 30.5 Å². The summed E-state index contributed by atoms with van der Waals surface area (Å²) in [5.41, 5.74) is 4.55. The normalized spacial score (nSPS) is 25.0. The van der Waals surface area contributed by atoms with Gasteiger partial charge in [0.1, 0.15) is 23.6 Å². The molecule has 1 amide bonds. The van der Waals surface area contributed by atoms with Crippen LogP contribution >= 0.6 is 0 Å². The maximum Gasteiger partial charge on any atom is 0.217 e. The first-order chi connectivity index (χ1) is 15.7. The molecule has 2 aliphatic rings. The lowest BCUT2D eigenvalue weighted by Gasteiger charge is -2.43. The molecule has 170 valence electrons. The monoisotopic (exact) mass is 443 g/mol. The van der Waals surface area contributed by atoms with Crippen LogP contribution in [0.25, 0.3) is 11.3 Å². The molecule has 6 nitrogen and oxygen atoms in total. The van der Waals surface area contributed by atoms with Crippen molar-refractivity contribution in [3.05, 3.63) is 52.7 Å². The van der Waals surface area contributed by atoms with Crippen LogP contribution < -0.4 is 5.32 Å². The average Bonchev–Trinajstić information content (AvgIpc) is 2.76. The molecule has 1 N–H and O–H groups in total. The fourth-order valence-corrected chi connectivity index (χ4v) is 5.73. The summed E-state index contributed by atoms with van der Waals surface area (Å²) >= 11 is 0. The predicted octanol–water partition coefficient (Wildman–Crippen LogP) is 4.32. The first kappa shape index (κ1) is 22.8. The van der Waals surface area contributed by atoms with Crippen molar-refractivity contribution < 1.29 is 14.4 Å². The first-order valence-corrected chi connectivity index (χ1v) is 11.5. The first-order valence-electron chi connectivity index (χ1n) is 11.5. The summed E-state index contributed by atoms with van der Waals surface area (Å²) < 4.78 is 0. The van der Waals surface area contributed by atoms with Crippen LogP contribution in [-0.2, 0) is 14.4 Å². The summed E-state index contributed by atoms with van der Waals surface area (Å²) in [5.74, 6) is -0.705. The highest BCUT2D eigenvalue weighted by Crippen LogP contribution is 2.49. The Kier molecular flexibility index (Phi) is 6.16. The molecule has 6 heteroatoms. The van der Waals surface area contributed by atoms with Gasteiger partial charge in [0.05, 0.1) is 11.3 Å². The number of benzene rings is 1. The minimum Gasteiger partial charge on any atom is -0.354 e. The number of nitriles is 1. The number of nitrogens with one attached hydrogen (secondary N) is 1. The van der Waals surface area contributed by atoms with E-state index in [0.29, 0.717) is 18.4 Å². The molecule has 2 saturated carbocycles. The van der Waals surface area contributed by atoms with Crippen LogP contribution in [0.4, 0.5) is 0 Å². The number of pyridine rings is 1. The van der Waals surface area contributed by atoms with Crippen LogP contribution in [0.1, 0.15) is 73.6 Å². The lowest BCUT2D eigenvalue weighted by Crippen LogP contribution is -2.45. The molecular formula is C27H29N3O3. The van der Waals surface area contributed by atoms with Crippen LogP contribution in [0.2, 0.25) is 0 Å². The number of hydrogen-bond donors (Lipinski definition) is 1. The van der Waals surface area contributed by atoms with E-state index in [1.54, 1.807) is 12.3 Å². The summed E-state index contributed by atoms with van der Waals surface area (Å²) in [5, 5.41) is 12.0. The van der Waals surface area contributed by atoms with Crippen molar-refractivity contribution in [3.8, 4) is 17.3 Å². The Hall–Kier alpha value is -3.33. The van der Waals surface area contributed by atoms with Crippen molar-refractivity contribution in [2.24, 2.45) is 5.41 Å². The van der Waals surface area contributed by atoms with E-state index < -0.39 is 5.92 Å². The second-order valence-corrected chi connectivity index (χ2v) is 9.76. The van der Waals surface area contributed by atoms with Crippen molar-refractivity contribution in [3.63, 3.8) is 0 Å². The van der Waals surface area contributed by atoms with Gasteiger partial charge in [-0.2, -0.15) is 5.26 Å². The Bertz CT molecular complexity index is 1110. The van der Waals surface area contributed by atoms with Crippen LogP contribution in [0, 0.1) is 30.6 Å². The van der Waals surface area contributed by atoms with Crippen LogP contribution in [-0.4, -0.2) is 28.5 Å². The number of rotatable bonds is 3. The Morgan fingerprint density at radius 1 is 1.09 bits per heavy atom. The smallest absolute Gasteiger partial charge is 0.217 e. The van der Waals surface area contributed by atoms with Crippen molar-refractivity contribution in [1.29, 1.82) is 5.26 Å². The SMILES string of the molecule is CC(=O)NC1CCC2(CC1)CC(=O)C(c1c(C)cc(-c3ccc(C#N)cn3)cc1C)C(=O)C2. The lowest BCUT2D eigenvalue weighted by molar-refractivity contribution is -0.138. The molecule has 0 bridgehead atoms. The summed E-state index contributed by atoms with van der Waals surface area (Å²) in [7, 11) is 0. The molecule has 0 aliphatic heterocycles. The predicted molar refractivity (Wildman–Crippen MR) is 124 cm³/mol. The van der Waals surface area contributed by atoms with Crippen molar-refractivity contribution in [1.82, 2.24) is 10.3 Å². The van der Waals surface area contributed by atoms with Gasteiger partial charge in [-0.1, -0.05) is 0 Å². The standard InChI is InChI=1S/C27H29N3O3/c1-16-10-20(22-5-4-19(14-28)15-29-22)11-17(2)25(16)26-23(32)12-27(13-24(26)33)8-6-21(7-9-27)30-18(3)31/h4-5,10-11,15,21,26H,6-9,12-13H2,1-3H3,(H,30,31). The molecule has 2 aliphatic carbocycles. The van der Waals surface area contributed by atoms with Crippen molar-refractivity contribution in [2.45, 2.75) is 71.3 Å². The third kappa shape index (κ3) is 4.59. The van der Waals surface area contributed by atoms with Gasteiger partial charge in [-0.25, -0.2) is 0 Å². The molecule has 1 aromatic carbocycles. The van der Waals surface area contributed by atoms with Crippen LogP contribution in [0.3, 0.4) is 0 Å². The maximum atomic E-state index is 13.3. The van der Waals surface area contributed by atoms with Gasteiger partial charge in [0, 0.05) is 37.6 Å². The van der Waals surface area contributed by atoms with Gasteiger partial charge >= 0.3 is 0 Å². The highest BCUT2D eigenvalue weighted by Gasteiger charge is 2.47. The minimum atomic E-state index is -0.702. The molecule has 0 unspecified atom stereocenters. The third-order valence-electron chi connectivity index (χ3n) is 7.27. The quantitative estimate of drug-likeness (QED) is 0.712. The summed E-state index contributed by atoms with van der Waals surface area (Å²) in [6.45, 7) is 5.41. The molecule has 1 heterocycles. The van der Waals surface area contributed by atoms with Gasteiger partial charge in [0.2, 0.25) is 5.91 Å². The summed E-state index contributed by atoms with van der Waals surface area (Å²) in [4.78, 5) is 42.4.